The van der Waals surface area contributed by atoms with Crippen molar-refractivity contribution < 1.29 is 19.4 Å². The van der Waals surface area contributed by atoms with Gasteiger partial charge in [0, 0.05) is 34.2 Å². The van der Waals surface area contributed by atoms with Gasteiger partial charge in [0.2, 0.25) is 0 Å². The molecule has 0 aromatic heterocycles. The second kappa shape index (κ2) is 8.02. The summed E-state index contributed by atoms with van der Waals surface area (Å²) in [6.07, 6.45) is 0.309. The average Bonchev–Trinajstić information content (AvgIpc) is 3.08. The van der Waals surface area contributed by atoms with Crippen molar-refractivity contribution in [3.8, 4) is 0 Å². The Morgan fingerprint density at radius 3 is 2.72 bits per heavy atom. The first kappa shape index (κ1) is 18.1. The zero-order valence-electron chi connectivity index (χ0n) is 13.1. The Morgan fingerprint density at radius 1 is 1.32 bits per heavy atom. The van der Waals surface area contributed by atoms with Crippen LogP contribution in [0, 0.1) is 5.41 Å². The molecule has 0 saturated carbocycles. The number of hydrogen-bond acceptors (Lipinski definition) is 5. The first-order valence-electron chi connectivity index (χ1n) is 7.30. The third-order valence-corrected chi connectivity index (χ3v) is 3.86. The number of carbonyl (C=O) groups is 2. The molecule has 0 radical (unpaired) electrons. The van der Waals surface area contributed by atoms with Gasteiger partial charge in [-0.1, -0.05) is 10.2 Å². The van der Waals surface area contributed by atoms with Gasteiger partial charge >= 0.3 is 5.97 Å². The Bertz CT molecular complexity index is 775. The monoisotopic (exact) mass is 345 g/mol. The van der Waals surface area contributed by atoms with Gasteiger partial charge < -0.3 is 15.2 Å². The smallest absolute Gasteiger partial charge is 0.313 e. The first-order chi connectivity index (χ1) is 12.0. The number of carbonyl (C=O) groups excluding carboxylic acids is 1. The van der Waals surface area contributed by atoms with Gasteiger partial charge in [-0.3, -0.25) is 9.59 Å². The maximum absolute atomic E-state index is 12.4. The highest BCUT2D eigenvalue weighted by molar-refractivity contribution is 5.95. The van der Waals surface area contributed by atoms with Crippen molar-refractivity contribution in [2.45, 2.75) is 13.0 Å². The molecule has 0 spiro atoms. The van der Waals surface area contributed by atoms with E-state index in [1.54, 1.807) is 0 Å². The van der Waals surface area contributed by atoms with Crippen LogP contribution in [0.3, 0.4) is 0 Å². The zero-order valence-corrected chi connectivity index (χ0v) is 13.1. The average molecular weight is 345 g/mol. The second-order valence-electron chi connectivity index (χ2n) is 5.54. The SMILES string of the molecule is [N-]=[N+]=NCc1cc(N=[N+]=[N-])cc(C(=O)NCC2(C(=O)O)CCOC2)c1. The minimum absolute atomic E-state index is 0.0154. The predicted octanol–water partition coefficient (Wildman–Crippen LogP) is 2.66. The van der Waals surface area contributed by atoms with E-state index in [2.05, 4.69) is 25.4 Å². The lowest BCUT2D eigenvalue weighted by molar-refractivity contribution is -0.148. The zero-order chi connectivity index (χ0) is 18.3. The Kier molecular flexibility index (Phi) is 5.80. The number of nitrogens with zero attached hydrogens (tertiary/aromatic N) is 6. The van der Waals surface area contributed by atoms with Crippen LogP contribution in [0.4, 0.5) is 5.69 Å². The predicted molar refractivity (Wildman–Crippen MR) is 85.9 cm³/mol. The molecule has 25 heavy (non-hydrogen) atoms. The quantitative estimate of drug-likeness (QED) is 0.439. The molecule has 1 fully saturated rings. The van der Waals surface area contributed by atoms with Gasteiger partial charge in [0.15, 0.2) is 0 Å². The number of carboxylic acid groups (broad SMARTS) is 1. The van der Waals surface area contributed by atoms with E-state index in [9.17, 15) is 14.7 Å². The number of carboxylic acids is 1. The summed E-state index contributed by atoms with van der Waals surface area (Å²) in [7, 11) is 0. The largest absolute Gasteiger partial charge is 0.481 e. The highest BCUT2D eigenvalue weighted by Gasteiger charge is 2.42. The summed E-state index contributed by atoms with van der Waals surface area (Å²) >= 11 is 0. The van der Waals surface area contributed by atoms with E-state index in [1.165, 1.54) is 18.2 Å². The third kappa shape index (κ3) is 4.39. The molecule has 2 rings (SSSR count). The second-order valence-corrected chi connectivity index (χ2v) is 5.54. The van der Waals surface area contributed by atoms with Crippen LogP contribution in [0.15, 0.2) is 28.4 Å². The van der Waals surface area contributed by atoms with Crippen LogP contribution >= 0.6 is 0 Å². The van der Waals surface area contributed by atoms with Crippen molar-refractivity contribution in [1.29, 1.82) is 0 Å². The van der Waals surface area contributed by atoms with Crippen molar-refractivity contribution in [3.63, 3.8) is 0 Å². The third-order valence-electron chi connectivity index (χ3n) is 3.86. The molecule has 0 aliphatic carbocycles. The lowest BCUT2D eigenvalue weighted by Crippen LogP contribution is -2.43. The fraction of sp³-hybridized carbons (Fsp3) is 0.429. The summed E-state index contributed by atoms with van der Waals surface area (Å²) in [6.45, 7) is 0.255. The molecule has 1 aromatic rings. The van der Waals surface area contributed by atoms with E-state index in [1.807, 2.05) is 0 Å². The number of ether oxygens (including phenoxy) is 1. The van der Waals surface area contributed by atoms with Crippen LogP contribution in [-0.2, 0) is 16.1 Å². The molecule has 1 atom stereocenters. The highest BCUT2D eigenvalue weighted by atomic mass is 16.5. The molecular formula is C14H15N7O4. The molecule has 130 valence electrons. The molecule has 11 nitrogen and oxygen atoms in total. The number of aliphatic carboxylic acids is 1. The Morgan fingerprint density at radius 2 is 2.12 bits per heavy atom. The molecular weight excluding hydrogens is 330 g/mol. The molecule has 1 aliphatic heterocycles. The Balaban J connectivity index is 2.19. The lowest BCUT2D eigenvalue weighted by Gasteiger charge is -2.22. The van der Waals surface area contributed by atoms with E-state index in [0.717, 1.165) is 0 Å². The Labute approximate surface area is 141 Å². The van der Waals surface area contributed by atoms with Gasteiger partial charge in [-0.15, -0.1) is 0 Å². The van der Waals surface area contributed by atoms with Crippen LogP contribution in [0.25, 0.3) is 20.9 Å². The van der Waals surface area contributed by atoms with Gasteiger partial charge in [0.1, 0.15) is 5.41 Å². The number of benzene rings is 1. The molecule has 2 N–H and O–H groups in total. The van der Waals surface area contributed by atoms with E-state index in [0.29, 0.717) is 18.6 Å². The highest BCUT2D eigenvalue weighted by Crippen LogP contribution is 2.28. The maximum atomic E-state index is 12.4. The summed E-state index contributed by atoms with van der Waals surface area (Å²) < 4.78 is 5.14. The van der Waals surface area contributed by atoms with Gasteiger partial charge in [-0.2, -0.15) is 0 Å². The van der Waals surface area contributed by atoms with Gasteiger partial charge in [-0.05, 0) is 41.2 Å². The fourth-order valence-corrected chi connectivity index (χ4v) is 2.46. The molecule has 11 heteroatoms. The summed E-state index contributed by atoms with van der Waals surface area (Å²) in [5, 5.41) is 18.8. The molecule has 1 aromatic carbocycles. The summed E-state index contributed by atoms with van der Waals surface area (Å²) in [5.41, 5.74) is 16.7. The van der Waals surface area contributed by atoms with Gasteiger partial charge in [-0.25, -0.2) is 0 Å². The van der Waals surface area contributed by atoms with Crippen LogP contribution in [0.1, 0.15) is 22.3 Å². The lowest BCUT2D eigenvalue weighted by atomic mass is 9.87. The topological polar surface area (TPSA) is 173 Å². The molecule has 1 aliphatic rings. The van der Waals surface area contributed by atoms with Crippen LogP contribution < -0.4 is 5.32 Å². The molecule has 1 amide bonds. The summed E-state index contributed by atoms with van der Waals surface area (Å²) in [4.78, 5) is 29.1. The number of azide groups is 2. The number of hydrogen-bond donors (Lipinski definition) is 2. The van der Waals surface area contributed by atoms with Crippen molar-refractivity contribution in [2.75, 3.05) is 19.8 Å². The van der Waals surface area contributed by atoms with Crippen LogP contribution in [0.5, 0.6) is 0 Å². The summed E-state index contributed by atoms with van der Waals surface area (Å²) in [5.74, 6) is -1.55. The van der Waals surface area contributed by atoms with Gasteiger partial charge in [0.25, 0.3) is 5.91 Å². The molecule has 1 unspecified atom stereocenters. The number of amides is 1. The minimum Gasteiger partial charge on any atom is -0.481 e. The van der Waals surface area contributed by atoms with Crippen molar-refractivity contribution in [1.82, 2.24) is 5.32 Å². The molecule has 1 saturated heterocycles. The summed E-state index contributed by atoms with van der Waals surface area (Å²) in [6, 6.07) is 4.35. The first-order valence-corrected chi connectivity index (χ1v) is 7.30. The van der Waals surface area contributed by atoms with Gasteiger partial charge in [0.05, 0.1) is 13.2 Å². The normalized spacial score (nSPS) is 18.7. The van der Waals surface area contributed by atoms with Crippen LogP contribution in [0.2, 0.25) is 0 Å². The maximum Gasteiger partial charge on any atom is 0.313 e. The van der Waals surface area contributed by atoms with Crippen molar-refractivity contribution >= 4 is 17.6 Å². The van der Waals surface area contributed by atoms with E-state index in [4.69, 9.17) is 15.8 Å². The minimum atomic E-state index is -1.15. The number of nitrogens with one attached hydrogen (secondary N) is 1. The molecule has 1 heterocycles. The van der Waals surface area contributed by atoms with Crippen molar-refractivity contribution in [3.05, 3.63) is 50.2 Å². The Hall–Kier alpha value is -3.26. The van der Waals surface area contributed by atoms with E-state index >= 15 is 0 Å². The van der Waals surface area contributed by atoms with Crippen molar-refractivity contribution in [2.24, 2.45) is 15.6 Å². The van der Waals surface area contributed by atoms with E-state index < -0.39 is 17.3 Å². The standard InChI is InChI=1S/C14H15N7O4/c15-20-18-6-9-3-10(5-11(4-9)19-21-16)12(22)17-7-14(13(23)24)1-2-25-8-14/h3-5H,1-2,6-8H2,(H,17,22)(H,23,24). The molecule has 0 bridgehead atoms. The number of rotatable bonds is 7. The van der Waals surface area contributed by atoms with Crippen LogP contribution in [-0.4, -0.2) is 36.7 Å². The van der Waals surface area contributed by atoms with E-state index in [-0.39, 0.29) is 30.9 Å². The fourth-order valence-electron chi connectivity index (χ4n) is 2.46.